The van der Waals surface area contributed by atoms with Crippen LogP contribution >= 0.6 is 24.8 Å². The molecule has 0 fully saturated rings. The standard InChI is InChI=1S/C12H19N3O.2ClH/c1-8(2)6-10(13)12(16)15-11-5-4-9(3)7-14-11;;/h4-5,7-8,10H,6,13H2,1-3H3,(H,14,15,16);2*1H/t10-;;/m0../s1. The van der Waals surface area contributed by atoms with E-state index < -0.39 is 6.04 Å². The van der Waals surface area contributed by atoms with Gasteiger partial charge in [-0.1, -0.05) is 19.9 Å². The molecule has 0 unspecified atom stereocenters. The molecule has 0 saturated carbocycles. The Labute approximate surface area is 121 Å². The van der Waals surface area contributed by atoms with E-state index >= 15 is 0 Å². The van der Waals surface area contributed by atoms with Gasteiger partial charge in [-0.25, -0.2) is 4.98 Å². The van der Waals surface area contributed by atoms with Crippen molar-refractivity contribution >= 4 is 36.5 Å². The van der Waals surface area contributed by atoms with Gasteiger partial charge < -0.3 is 11.1 Å². The van der Waals surface area contributed by atoms with Gasteiger partial charge in [-0.05, 0) is 30.9 Å². The molecule has 3 N–H and O–H groups in total. The summed E-state index contributed by atoms with van der Waals surface area (Å²) in [4.78, 5) is 15.7. The van der Waals surface area contributed by atoms with Crippen LogP contribution in [0.3, 0.4) is 0 Å². The van der Waals surface area contributed by atoms with Crippen molar-refractivity contribution in [2.45, 2.75) is 33.2 Å². The summed E-state index contributed by atoms with van der Waals surface area (Å²) in [6.45, 7) is 6.03. The number of hydrogen-bond acceptors (Lipinski definition) is 3. The lowest BCUT2D eigenvalue weighted by Gasteiger charge is -2.13. The van der Waals surface area contributed by atoms with Crippen LogP contribution in [0.2, 0.25) is 0 Å². The third-order valence-corrected chi connectivity index (χ3v) is 2.22. The van der Waals surface area contributed by atoms with E-state index in [2.05, 4.69) is 10.3 Å². The average Bonchev–Trinajstić information content (AvgIpc) is 2.20. The molecule has 1 rings (SSSR count). The molecular weight excluding hydrogens is 273 g/mol. The summed E-state index contributed by atoms with van der Waals surface area (Å²) in [5, 5.41) is 2.70. The molecule has 0 radical (unpaired) electrons. The first kappa shape index (κ1) is 19.5. The first-order valence-corrected chi connectivity index (χ1v) is 5.48. The van der Waals surface area contributed by atoms with Crippen molar-refractivity contribution in [3.63, 3.8) is 0 Å². The summed E-state index contributed by atoms with van der Waals surface area (Å²) in [6, 6.07) is 3.20. The minimum atomic E-state index is -0.469. The quantitative estimate of drug-likeness (QED) is 0.896. The highest BCUT2D eigenvalue weighted by atomic mass is 35.5. The van der Waals surface area contributed by atoms with Gasteiger partial charge in [-0.15, -0.1) is 24.8 Å². The van der Waals surface area contributed by atoms with Crippen LogP contribution in [-0.2, 0) is 4.79 Å². The Kier molecular flexibility index (Phi) is 9.90. The number of hydrogen-bond donors (Lipinski definition) is 2. The number of nitrogens with one attached hydrogen (secondary N) is 1. The second-order valence-corrected chi connectivity index (χ2v) is 4.45. The third-order valence-electron chi connectivity index (χ3n) is 2.22. The van der Waals surface area contributed by atoms with Gasteiger partial charge in [0.2, 0.25) is 5.91 Å². The van der Waals surface area contributed by atoms with Crippen molar-refractivity contribution in [2.24, 2.45) is 11.7 Å². The minimum Gasteiger partial charge on any atom is -0.320 e. The van der Waals surface area contributed by atoms with Gasteiger partial charge in [0, 0.05) is 6.20 Å². The number of carbonyl (C=O) groups is 1. The fourth-order valence-electron chi connectivity index (χ4n) is 1.38. The van der Waals surface area contributed by atoms with E-state index in [9.17, 15) is 4.79 Å². The van der Waals surface area contributed by atoms with Crippen LogP contribution in [0.5, 0.6) is 0 Å². The van der Waals surface area contributed by atoms with Gasteiger partial charge in [0.05, 0.1) is 6.04 Å². The number of nitrogens with two attached hydrogens (primary N) is 1. The minimum absolute atomic E-state index is 0. The zero-order chi connectivity index (χ0) is 12.1. The zero-order valence-electron chi connectivity index (χ0n) is 10.8. The Morgan fingerprint density at radius 2 is 2.00 bits per heavy atom. The first-order chi connectivity index (χ1) is 7.49. The summed E-state index contributed by atoms with van der Waals surface area (Å²) in [5.41, 5.74) is 6.82. The highest BCUT2D eigenvalue weighted by Crippen LogP contribution is 2.07. The van der Waals surface area contributed by atoms with Gasteiger partial charge in [-0.3, -0.25) is 4.79 Å². The molecule has 0 spiro atoms. The van der Waals surface area contributed by atoms with Gasteiger partial charge >= 0.3 is 0 Å². The van der Waals surface area contributed by atoms with Crippen LogP contribution in [0.1, 0.15) is 25.8 Å². The molecular formula is C12H21Cl2N3O. The van der Waals surface area contributed by atoms with Gasteiger partial charge in [0.25, 0.3) is 0 Å². The van der Waals surface area contributed by atoms with Gasteiger partial charge in [0.15, 0.2) is 0 Å². The van der Waals surface area contributed by atoms with Crippen LogP contribution in [0.4, 0.5) is 5.82 Å². The number of halogens is 2. The summed E-state index contributed by atoms with van der Waals surface area (Å²) in [7, 11) is 0. The summed E-state index contributed by atoms with van der Waals surface area (Å²) < 4.78 is 0. The van der Waals surface area contributed by atoms with E-state index in [4.69, 9.17) is 5.73 Å². The zero-order valence-corrected chi connectivity index (χ0v) is 12.5. The molecule has 0 saturated heterocycles. The Bertz CT molecular complexity index is 355. The van der Waals surface area contributed by atoms with Gasteiger partial charge in [0.1, 0.15) is 5.82 Å². The Morgan fingerprint density at radius 1 is 1.39 bits per heavy atom. The van der Waals surface area contributed by atoms with Crippen molar-refractivity contribution in [3.8, 4) is 0 Å². The number of carbonyl (C=O) groups excluding carboxylic acids is 1. The fraction of sp³-hybridized carbons (Fsp3) is 0.500. The van der Waals surface area contributed by atoms with E-state index in [1.165, 1.54) is 0 Å². The number of pyridine rings is 1. The molecule has 4 nitrogen and oxygen atoms in total. The van der Waals surface area contributed by atoms with E-state index in [0.717, 1.165) is 5.56 Å². The van der Waals surface area contributed by atoms with E-state index in [0.29, 0.717) is 18.2 Å². The Morgan fingerprint density at radius 3 is 2.44 bits per heavy atom. The summed E-state index contributed by atoms with van der Waals surface area (Å²) >= 11 is 0. The van der Waals surface area contributed by atoms with Crippen molar-refractivity contribution in [3.05, 3.63) is 23.9 Å². The molecule has 1 aromatic rings. The largest absolute Gasteiger partial charge is 0.320 e. The van der Waals surface area contributed by atoms with Crippen molar-refractivity contribution in [2.75, 3.05) is 5.32 Å². The first-order valence-electron chi connectivity index (χ1n) is 5.48. The average molecular weight is 294 g/mol. The topological polar surface area (TPSA) is 68.0 Å². The second kappa shape index (κ2) is 9.14. The molecule has 0 bridgehead atoms. The van der Waals surface area contributed by atoms with Crippen LogP contribution in [0, 0.1) is 12.8 Å². The van der Waals surface area contributed by atoms with Crippen molar-refractivity contribution in [1.82, 2.24) is 4.98 Å². The number of aryl methyl sites for hydroxylation is 1. The molecule has 0 aliphatic rings. The van der Waals surface area contributed by atoms with E-state index in [1.807, 2.05) is 26.8 Å². The van der Waals surface area contributed by atoms with Gasteiger partial charge in [-0.2, -0.15) is 0 Å². The lowest BCUT2D eigenvalue weighted by molar-refractivity contribution is -0.117. The number of amides is 1. The maximum Gasteiger partial charge on any atom is 0.242 e. The predicted molar refractivity (Wildman–Crippen MR) is 79.5 cm³/mol. The highest BCUT2D eigenvalue weighted by molar-refractivity contribution is 5.93. The lowest BCUT2D eigenvalue weighted by Crippen LogP contribution is -2.36. The molecule has 18 heavy (non-hydrogen) atoms. The molecule has 1 aromatic heterocycles. The normalized spacial score (nSPS) is 11.2. The Balaban J connectivity index is 0. The van der Waals surface area contributed by atoms with Crippen LogP contribution in [0.15, 0.2) is 18.3 Å². The Hall–Kier alpha value is -0.840. The molecule has 0 aromatic carbocycles. The van der Waals surface area contributed by atoms with E-state index in [-0.39, 0.29) is 30.7 Å². The molecule has 1 heterocycles. The second-order valence-electron chi connectivity index (χ2n) is 4.45. The van der Waals surface area contributed by atoms with E-state index in [1.54, 1.807) is 12.3 Å². The molecule has 0 aliphatic carbocycles. The fourth-order valence-corrected chi connectivity index (χ4v) is 1.38. The number of aromatic nitrogens is 1. The molecule has 104 valence electrons. The van der Waals surface area contributed by atoms with Crippen LogP contribution in [0.25, 0.3) is 0 Å². The molecule has 1 amide bonds. The summed E-state index contributed by atoms with van der Waals surface area (Å²) in [6.07, 6.45) is 2.39. The number of nitrogens with zero attached hydrogens (tertiary/aromatic N) is 1. The summed E-state index contributed by atoms with van der Waals surface area (Å²) in [5.74, 6) is 0.784. The lowest BCUT2D eigenvalue weighted by atomic mass is 10.0. The highest BCUT2D eigenvalue weighted by Gasteiger charge is 2.15. The maximum atomic E-state index is 11.7. The SMILES string of the molecule is Cc1ccc(NC(=O)[C@@H](N)CC(C)C)nc1.Cl.Cl. The maximum absolute atomic E-state index is 11.7. The monoisotopic (exact) mass is 293 g/mol. The molecule has 6 heteroatoms. The molecule has 0 aliphatic heterocycles. The number of anilines is 1. The van der Waals surface area contributed by atoms with Crippen LogP contribution in [-0.4, -0.2) is 16.9 Å². The van der Waals surface area contributed by atoms with Crippen LogP contribution < -0.4 is 11.1 Å². The molecule has 1 atom stereocenters. The van der Waals surface area contributed by atoms with Crippen molar-refractivity contribution < 1.29 is 4.79 Å². The third kappa shape index (κ3) is 6.79. The smallest absolute Gasteiger partial charge is 0.242 e. The predicted octanol–water partition coefficient (Wildman–Crippen LogP) is 2.55. The van der Waals surface area contributed by atoms with Crippen molar-refractivity contribution in [1.29, 1.82) is 0 Å². The number of rotatable bonds is 4.